The van der Waals surface area contributed by atoms with Gasteiger partial charge in [-0.05, 0) is 38.0 Å². The minimum atomic E-state index is -0.474. The van der Waals surface area contributed by atoms with E-state index in [0.717, 1.165) is 36.2 Å². The average molecular weight is 459 g/mol. The van der Waals surface area contributed by atoms with Gasteiger partial charge in [-0.15, -0.1) is 10.2 Å². The number of unbranched alkanes of at least 4 members (excludes halogenated alkanes) is 1. The van der Waals surface area contributed by atoms with Gasteiger partial charge < -0.3 is 9.52 Å². The number of aryl methyl sites for hydroxylation is 1. The molecule has 0 bridgehead atoms. The number of aliphatic imine (C=N–C) groups is 1. The highest BCUT2D eigenvalue weighted by molar-refractivity contribution is 5.86. The van der Waals surface area contributed by atoms with E-state index in [2.05, 4.69) is 26.2 Å². The van der Waals surface area contributed by atoms with Crippen molar-refractivity contribution in [2.24, 2.45) is 4.99 Å². The maximum absolute atomic E-state index is 13.7. The van der Waals surface area contributed by atoms with Crippen LogP contribution in [-0.2, 0) is 12.8 Å². The molecule has 3 heterocycles. The standard InChI is InChI=1S/C25H26N6O3/c1-4-5-9-20-28-23(32)22(24-30-29-21(34-24)13-19-11-10-15(2)27-19)25(33)31(20)16(3)18-8-6-7-17(12-18)14-26/h6-8,11-12,16,32H,4-5,9-10,13H2,1-3H3/t16-/m0/s1. The minimum absolute atomic E-state index is 0.0851. The predicted octanol–water partition coefficient (Wildman–Crippen LogP) is 4.11. The van der Waals surface area contributed by atoms with Crippen molar-refractivity contribution >= 4 is 5.71 Å². The van der Waals surface area contributed by atoms with Gasteiger partial charge in [-0.3, -0.25) is 14.4 Å². The van der Waals surface area contributed by atoms with E-state index in [0.29, 0.717) is 30.1 Å². The Labute approximate surface area is 197 Å². The van der Waals surface area contributed by atoms with E-state index in [4.69, 9.17) is 4.42 Å². The molecule has 0 fully saturated rings. The molecule has 1 aromatic carbocycles. The molecule has 0 spiro atoms. The summed E-state index contributed by atoms with van der Waals surface area (Å²) >= 11 is 0. The molecule has 174 valence electrons. The van der Waals surface area contributed by atoms with Crippen LogP contribution >= 0.6 is 0 Å². The van der Waals surface area contributed by atoms with Gasteiger partial charge in [0.05, 0.1) is 24.1 Å². The highest BCUT2D eigenvalue weighted by atomic mass is 16.4. The molecule has 9 nitrogen and oxygen atoms in total. The zero-order valence-corrected chi connectivity index (χ0v) is 19.4. The number of rotatable bonds is 8. The Morgan fingerprint density at radius 1 is 1.32 bits per heavy atom. The lowest BCUT2D eigenvalue weighted by molar-refractivity contribution is 0.431. The topological polar surface area (TPSA) is 130 Å². The van der Waals surface area contributed by atoms with E-state index in [-0.39, 0.29) is 11.5 Å². The summed E-state index contributed by atoms with van der Waals surface area (Å²) in [7, 11) is 0. The highest BCUT2D eigenvalue weighted by Gasteiger charge is 2.25. The van der Waals surface area contributed by atoms with Crippen molar-refractivity contribution in [1.82, 2.24) is 19.7 Å². The minimum Gasteiger partial charge on any atom is -0.493 e. The Kier molecular flexibility index (Phi) is 6.68. The van der Waals surface area contributed by atoms with Crippen molar-refractivity contribution in [3.8, 4) is 23.4 Å². The van der Waals surface area contributed by atoms with Gasteiger partial charge in [0, 0.05) is 24.3 Å². The lowest BCUT2D eigenvalue weighted by atomic mass is 10.0. The second kappa shape index (κ2) is 9.83. The van der Waals surface area contributed by atoms with Crippen LogP contribution in [0.1, 0.15) is 68.9 Å². The van der Waals surface area contributed by atoms with Crippen molar-refractivity contribution in [2.45, 2.75) is 58.9 Å². The first-order valence-corrected chi connectivity index (χ1v) is 11.3. The molecule has 34 heavy (non-hydrogen) atoms. The van der Waals surface area contributed by atoms with Crippen molar-refractivity contribution in [1.29, 1.82) is 5.26 Å². The maximum Gasteiger partial charge on any atom is 0.270 e. The number of nitrogens with zero attached hydrogens (tertiary/aromatic N) is 6. The number of benzene rings is 1. The molecule has 3 aromatic rings. The van der Waals surface area contributed by atoms with Gasteiger partial charge in [0.25, 0.3) is 11.4 Å². The molecule has 0 aliphatic carbocycles. The zero-order valence-electron chi connectivity index (χ0n) is 19.4. The number of allylic oxidation sites excluding steroid dienone is 2. The molecular weight excluding hydrogens is 432 g/mol. The van der Waals surface area contributed by atoms with Crippen LogP contribution in [0, 0.1) is 11.3 Å². The van der Waals surface area contributed by atoms with Crippen molar-refractivity contribution in [3.05, 3.63) is 69.2 Å². The number of hydrogen-bond acceptors (Lipinski definition) is 8. The van der Waals surface area contributed by atoms with Gasteiger partial charge in [0.1, 0.15) is 5.82 Å². The van der Waals surface area contributed by atoms with Gasteiger partial charge in [-0.25, -0.2) is 0 Å². The second-order valence-electron chi connectivity index (χ2n) is 8.34. The van der Waals surface area contributed by atoms with Gasteiger partial charge in [0.2, 0.25) is 11.8 Å². The van der Waals surface area contributed by atoms with Crippen LogP contribution in [0.4, 0.5) is 0 Å². The number of nitriles is 1. The number of aromatic nitrogens is 4. The van der Waals surface area contributed by atoms with Gasteiger partial charge in [-0.1, -0.05) is 31.6 Å². The molecule has 0 amide bonds. The maximum atomic E-state index is 13.7. The highest BCUT2D eigenvalue weighted by Crippen LogP contribution is 2.27. The summed E-state index contributed by atoms with van der Waals surface area (Å²) in [5.74, 6) is 0.242. The fourth-order valence-corrected chi connectivity index (χ4v) is 3.97. The van der Waals surface area contributed by atoms with Gasteiger partial charge in [0.15, 0.2) is 5.56 Å². The molecular formula is C25H26N6O3. The molecule has 1 atom stereocenters. The summed E-state index contributed by atoms with van der Waals surface area (Å²) in [5, 5.41) is 28.0. The van der Waals surface area contributed by atoms with E-state index in [9.17, 15) is 15.2 Å². The van der Waals surface area contributed by atoms with E-state index in [1.807, 2.05) is 32.9 Å². The van der Waals surface area contributed by atoms with Crippen molar-refractivity contribution in [3.63, 3.8) is 0 Å². The van der Waals surface area contributed by atoms with Crippen molar-refractivity contribution < 1.29 is 9.52 Å². The van der Waals surface area contributed by atoms with Crippen LogP contribution in [-0.4, -0.2) is 30.6 Å². The summed E-state index contributed by atoms with van der Waals surface area (Å²) in [6, 6.07) is 8.80. The van der Waals surface area contributed by atoms with E-state index in [1.54, 1.807) is 18.2 Å². The van der Waals surface area contributed by atoms with Gasteiger partial charge >= 0.3 is 0 Å². The van der Waals surface area contributed by atoms with E-state index in [1.165, 1.54) is 4.57 Å². The lowest BCUT2D eigenvalue weighted by Gasteiger charge is -2.20. The zero-order chi connectivity index (χ0) is 24.2. The Morgan fingerprint density at radius 3 is 2.85 bits per heavy atom. The lowest BCUT2D eigenvalue weighted by Crippen LogP contribution is -2.30. The molecule has 0 unspecified atom stereocenters. The molecule has 1 aliphatic rings. The fraction of sp³-hybridized carbons (Fsp3) is 0.360. The quantitative estimate of drug-likeness (QED) is 0.537. The van der Waals surface area contributed by atoms with Crippen molar-refractivity contribution in [2.75, 3.05) is 0 Å². The normalized spacial score (nSPS) is 13.9. The van der Waals surface area contributed by atoms with Crippen LogP contribution in [0.3, 0.4) is 0 Å². The van der Waals surface area contributed by atoms with E-state index < -0.39 is 17.5 Å². The SMILES string of the molecule is CCCCc1nc(O)c(-c2nnc(CC3=CCC(C)=N3)o2)c(=O)n1[C@@H](C)c1cccc(C#N)c1. The monoisotopic (exact) mass is 458 g/mol. The van der Waals surface area contributed by atoms with Crippen LogP contribution < -0.4 is 5.56 Å². The Bertz CT molecular complexity index is 1380. The van der Waals surface area contributed by atoms with E-state index >= 15 is 0 Å². The fourth-order valence-electron chi connectivity index (χ4n) is 3.97. The first-order valence-electron chi connectivity index (χ1n) is 11.3. The summed E-state index contributed by atoms with van der Waals surface area (Å²) in [4.78, 5) is 22.5. The average Bonchev–Trinajstić information content (AvgIpc) is 3.46. The van der Waals surface area contributed by atoms with Crippen LogP contribution in [0.15, 0.2) is 50.2 Å². The summed E-state index contributed by atoms with van der Waals surface area (Å²) in [5.41, 5.74) is 2.51. The molecule has 0 saturated heterocycles. The first-order chi connectivity index (χ1) is 16.4. The van der Waals surface area contributed by atoms with Crippen LogP contribution in [0.25, 0.3) is 11.5 Å². The van der Waals surface area contributed by atoms with Crippen LogP contribution in [0.5, 0.6) is 5.88 Å². The molecule has 1 N–H and O–H groups in total. The molecule has 9 heteroatoms. The van der Waals surface area contributed by atoms with Gasteiger partial charge in [-0.2, -0.15) is 10.2 Å². The first kappa shape index (κ1) is 23.1. The van der Waals surface area contributed by atoms with Crippen LogP contribution in [0.2, 0.25) is 0 Å². The second-order valence-corrected chi connectivity index (χ2v) is 8.34. The predicted molar refractivity (Wildman–Crippen MR) is 127 cm³/mol. The third-order valence-corrected chi connectivity index (χ3v) is 5.79. The molecule has 0 saturated carbocycles. The third-order valence-electron chi connectivity index (χ3n) is 5.79. The third kappa shape index (κ3) is 4.66. The molecule has 4 rings (SSSR count). The molecule has 0 radical (unpaired) electrons. The Balaban J connectivity index is 1.77. The smallest absolute Gasteiger partial charge is 0.270 e. The Morgan fingerprint density at radius 2 is 2.15 bits per heavy atom. The summed E-state index contributed by atoms with van der Waals surface area (Å²) in [6.07, 6.45) is 5.35. The molecule has 2 aromatic heterocycles. The summed E-state index contributed by atoms with van der Waals surface area (Å²) in [6.45, 7) is 5.85. The number of hydrogen-bond donors (Lipinski definition) is 1. The Hall–Kier alpha value is -4.06. The largest absolute Gasteiger partial charge is 0.493 e. The molecule has 1 aliphatic heterocycles. The summed E-state index contributed by atoms with van der Waals surface area (Å²) < 4.78 is 7.28. The number of aromatic hydroxyl groups is 1.